The van der Waals surface area contributed by atoms with Crippen LogP contribution in [0.25, 0.3) is 0 Å². The summed E-state index contributed by atoms with van der Waals surface area (Å²) in [6.45, 7) is 6.33. The van der Waals surface area contributed by atoms with Crippen molar-refractivity contribution >= 4 is 17.4 Å². The van der Waals surface area contributed by atoms with Crippen molar-refractivity contribution in [3.63, 3.8) is 0 Å². The highest BCUT2D eigenvalue weighted by Gasteiger charge is 2.25. The van der Waals surface area contributed by atoms with Crippen LogP contribution in [0, 0.1) is 5.92 Å². The van der Waals surface area contributed by atoms with Gasteiger partial charge in [0.25, 0.3) is 0 Å². The summed E-state index contributed by atoms with van der Waals surface area (Å²) in [6.07, 6.45) is 4.94. The molecule has 2 unspecified atom stereocenters. The lowest BCUT2D eigenvalue weighted by Crippen LogP contribution is -2.40. The molecule has 0 aromatic carbocycles. The highest BCUT2D eigenvalue weighted by molar-refractivity contribution is 6.21. The first-order valence-electron chi connectivity index (χ1n) is 6.40. The van der Waals surface area contributed by atoms with Crippen molar-refractivity contribution in [1.82, 2.24) is 9.97 Å². The van der Waals surface area contributed by atoms with E-state index in [1.165, 1.54) is 0 Å². The number of piperidine rings is 1. The molecule has 0 amide bonds. The topological polar surface area (TPSA) is 29.0 Å². The number of hydrogen-bond acceptors (Lipinski definition) is 3. The van der Waals surface area contributed by atoms with Crippen LogP contribution in [-0.2, 0) is 6.42 Å². The molecule has 17 heavy (non-hydrogen) atoms. The van der Waals surface area contributed by atoms with Gasteiger partial charge in [0.15, 0.2) is 0 Å². The van der Waals surface area contributed by atoms with E-state index in [1.807, 2.05) is 0 Å². The van der Waals surface area contributed by atoms with Gasteiger partial charge in [0.1, 0.15) is 12.1 Å². The second-order valence-corrected chi connectivity index (χ2v) is 5.41. The molecule has 1 aromatic heterocycles. The van der Waals surface area contributed by atoms with Crippen LogP contribution < -0.4 is 4.90 Å². The van der Waals surface area contributed by atoms with Crippen LogP contribution >= 0.6 is 11.6 Å². The zero-order valence-corrected chi connectivity index (χ0v) is 11.3. The number of aromatic nitrogens is 2. The van der Waals surface area contributed by atoms with Crippen LogP contribution in [0.15, 0.2) is 12.4 Å². The molecule has 2 rings (SSSR count). The smallest absolute Gasteiger partial charge is 0.132 e. The van der Waals surface area contributed by atoms with Crippen LogP contribution in [0.1, 0.15) is 32.4 Å². The number of halogens is 1. The normalized spacial score (nSPS) is 25.0. The molecule has 4 heteroatoms. The van der Waals surface area contributed by atoms with Gasteiger partial charge in [-0.15, -0.1) is 11.6 Å². The Morgan fingerprint density at radius 1 is 1.47 bits per heavy atom. The third-order valence-electron chi connectivity index (χ3n) is 3.41. The Kier molecular flexibility index (Phi) is 4.21. The number of alkyl halides is 1. The maximum atomic E-state index is 6.33. The van der Waals surface area contributed by atoms with Gasteiger partial charge in [-0.05, 0) is 18.8 Å². The second kappa shape index (κ2) is 5.67. The molecule has 0 aliphatic carbocycles. The zero-order valence-electron chi connectivity index (χ0n) is 10.6. The van der Waals surface area contributed by atoms with Crippen LogP contribution in [0.2, 0.25) is 0 Å². The monoisotopic (exact) mass is 253 g/mol. The van der Waals surface area contributed by atoms with E-state index in [-0.39, 0.29) is 5.38 Å². The van der Waals surface area contributed by atoms with Crippen molar-refractivity contribution in [1.29, 1.82) is 0 Å². The molecule has 2 heterocycles. The van der Waals surface area contributed by atoms with Gasteiger partial charge in [0.2, 0.25) is 0 Å². The van der Waals surface area contributed by atoms with Crippen LogP contribution in [-0.4, -0.2) is 28.4 Å². The number of nitrogens with zero attached hydrogens (tertiary/aromatic N) is 3. The van der Waals surface area contributed by atoms with Gasteiger partial charge >= 0.3 is 0 Å². The maximum Gasteiger partial charge on any atom is 0.132 e. The molecule has 0 spiro atoms. The number of rotatable bonds is 3. The van der Waals surface area contributed by atoms with E-state index >= 15 is 0 Å². The third kappa shape index (κ3) is 3.09. The Balaban J connectivity index is 2.09. The highest BCUT2D eigenvalue weighted by Crippen LogP contribution is 2.25. The molecule has 0 saturated carbocycles. The first-order valence-corrected chi connectivity index (χ1v) is 6.84. The van der Waals surface area contributed by atoms with E-state index in [4.69, 9.17) is 11.6 Å². The summed E-state index contributed by atoms with van der Waals surface area (Å²) in [7, 11) is 0. The number of hydrogen-bond donors (Lipinski definition) is 0. The molecule has 1 aliphatic rings. The van der Waals surface area contributed by atoms with Crippen molar-refractivity contribution in [3.8, 4) is 0 Å². The summed E-state index contributed by atoms with van der Waals surface area (Å²) in [5.41, 5.74) is 1.13. The fraction of sp³-hybridized carbons (Fsp3) is 0.692. The molecule has 0 N–H and O–H groups in total. The molecule has 2 atom stereocenters. The molecule has 1 fully saturated rings. The summed E-state index contributed by atoms with van der Waals surface area (Å²) < 4.78 is 0. The zero-order chi connectivity index (χ0) is 12.3. The second-order valence-electron chi connectivity index (χ2n) is 4.85. The maximum absolute atomic E-state index is 6.33. The molecular weight excluding hydrogens is 234 g/mol. The highest BCUT2D eigenvalue weighted by atomic mass is 35.5. The Morgan fingerprint density at radius 3 is 3.00 bits per heavy atom. The molecule has 1 aliphatic heterocycles. The Morgan fingerprint density at radius 2 is 2.29 bits per heavy atom. The van der Waals surface area contributed by atoms with Crippen molar-refractivity contribution < 1.29 is 0 Å². The Labute approximate surface area is 108 Å². The standard InChI is InChI=1S/C13H20ClN3/c1-3-4-11-7-13(16-9-15-11)17-6-5-10(2)12(14)8-17/h7,9-10,12H,3-6,8H2,1-2H3. The van der Waals surface area contributed by atoms with E-state index in [9.17, 15) is 0 Å². The van der Waals surface area contributed by atoms with Crippen molar-refractivity contribution in [2.45, 2.75) is 38.5 Å². The molecule has 0 bridgehead atoms. The summed E-state index contributed by atoms with van der Waals surface area (Å²) in [5, 5.41) is 0.230. The fourth-order valence-electron chi connectivity index (χ4n) is 2.18. The van der Waals surface area contributed by atoms with E-state index in [2.05, 4.69) is 34.8 Å². The predicted octanol–water partition coefficient (Wildman–Crippen LogP) is 2.88. The van der Waals surface area contributed by atoms with Crippen LogP contribution in [0.3, 0.4) is 0 Å². The predicted molar refractivity (Wildman–Crippen MR) is 71.7 cm³/mol. The van der Waals surface area contributed by atoms with Gasteiger partial charge in [-0.25, -0.2) is 9.97 Å². The SMILES string of the molecule is CCCc1cc(N2CCC(C)C(Cl)C2)ncn1. The van der Waals surface area contributed by atoms with Crippen LogP contribution in [0.5, 0.6) is 0 Å². The minimum atomic E-state index is 0.230. The average molecular weight is 254 g/mol. The molecule has 1 aromatic rings. The van der Waals surface area contributed by atoms with Gasteiger partial charge in [-0.1, -0.05) is 20.3 Å². The minimum absolute atomic E-state index is 0.230. The molecule has 1 saturated heterocycles. The number of aryl methyl sites for hydroxylation is 1. The van der Waals surface area contributed by atoms with Crippen molar-refractivity contribution in [2.75, 3.05) is 18.0 Å². The lowest BCUT2D eigenvalue weighted by Gasteiger charge is -2.34. The Bertz CT molecular complexity index is 369. The molecule has 3 nitrogen and oxygen atoms in total. The van der Waals surface area contributed by atoms with E-state index in [0.717, 1.165) is 43.9 Å². The molecule has 94 valence electrons. The first-order chi connectivity index (χ1) is 8.20. The van der Waals surface area contributed by atoms with Gasteiger partial charge in [0, 0.05) is 24.8 Å². The first kappa shape index (κ1) is 12.6. The summed E-state index contributed by atoms with van der Waals surface area (Å²) in [5.74, 6) is 1.63. The number of anilines is 1. The minimum Gasteiger partial charge on any atom is -0.355 e. The van der Waals surface area contributed by atoms with Gasteiger partial charge in [-0.2, -0.15) is 0 Å². The molecule has 0 radical (unpaired) electrons. The largest absolute Gasteiger partial charge is 0.355 e. The van der Waals surface area contributed by atoms with E-state index < -0.39 is 0 Å². The van der Waals surface area contributed by atoms with Crippen molar-refractivity contribution in [3.05, 3.63) is 18.1 Å². The van der Waals surface area contributed by atoms with Gasteiger partial charge in [0.05, 0.1) is 5.38 Å². The quantitative estimate of drug-likeness (QED) is 0.776. The summed E-state index contributed by atoms with van der Waals surface area (Å²) in [6, 6.07) is 2.10. The lowest BCUT2D eigenvalue weighted by molar-refractivity contribution is 0.443. The summed E-state index contributed by atoms with van der Waals surface area (Å²) >= 11 is 6.33. The van der Waals surface area contributed by atoms with E-state index in [1.54, 1.807) is 6.33 Å². The van der Waals surface area contributed by atoms with Gasteiger partial charge in [-0.3, -0.25) is 0 Å². The fourth-order valence-corrected chi connectivity index (χ4v) is 2.47. The van der Waals surface area contributed by atoms with Crippen molar-refractivity contribution in [2.24, 2.45) is 5.92 Å². The third-order valence-corrected chi connectivity index (χ3v) is 3.97. The Hall–Kier alpha value is -0.830. The summed E-state index contributed by atoms with van der Waals surface area (Å²) in [4.78, 5) is 10.9. The molecular formula is C13H20ClN3. The average Bonchev–Trinajstić information content (AvgIpc) is 2.33. The van der Waals surface area contributed by atoms with Crippen LogP contribution in [0.4, 0.5) is 5.82 Å². The lowest BCUT2D eigenvalue weighted by atomic mass is 9.98. The van der Waals surface area contributed by atoms with Gasteiger partial charge < -0.3 is 4.90 Å². The van der Waals surface area contributed by atoms with E-state index in [0.29, 0.717) is 5.92 Å².